The highest BCUT2D eigenvalue weighted by Crippen LogP contribution is 2.67. The molecular formula is C27H46O4. The lowest BCUT2D eigenvalue weighted by Crippen LogP contribution is -2.51. The fourth-order valence-corrected chi connectivity index (χ4v) is 8.55. The van der Waals surface area contributed by atoms with Crippen LogP contribution in [-0.2, 0) is 0 Å². The van der Waals surface area contributed by atoms with Crippen molar-refractivity contribution < 1.29 is 20.4 Å². The van der Waals surface area contributed by atoms with Crippen LogP contribution < -0.4 is 0 Å². The molecule has 4 N–H and O–H groups in total. The first kappa shape index (κ1) is 23.7. The molecule has 0 bridgehead atoms. The van der Waals surface area contributed by atoms with Gasteiger partial charge >= 0.3 is 0 Å². The van der Waals surface area contributed by atoms with E-state index in [0.29, 0.717) is 17.3 Å². The third kappa shape index (κ3) is 3.84. The van der Waals surface area contributed by atoms with Gasteiger partial charge in [-0.15, -0.1) is 0 Å². The molecule has 8 atom stereocenters. The van der Waals surface area contributed by atoms with Crippen molar-refractivity contribution in [1.82, 2.24) is 0 Å². The molecule has 4 aliphatic rings. The zero-order chi connectivity index (χ0) is 22.8. The molecule has 4 aliphatic carbocycles. The Bertz CT molecular complexity index is 707. The van der Waals surface area contributed by atoms with Gasteiger partial charge in [0.25, 0.3) is 0 Å². The molecule has 0 amide bonds. The van der Waals surface area contributed by atoms with E-state index in [4.69, 9.17) is 0 Å². The first-order valence-electron chi connectivity index (χ1n) is 12.8. The van der Waals surface area contributed by atoms with E-state index < -0.39 is 11.4 Å². The van der Waals surface area contributed by atoms with Crippen molar-refractivity contribution in [2.75, 3.05) is 0 Å². The van der Waals surface area contributed by atoms with E-state index >= 15 is 0 Å². The quantitative estimate of drug-likeness (QED) is 0.370. The minimum absolute atomic E-state index is 0.143. The van der Waals surface area contributed by atoms with Crippen LogP contribution in [0.3, 0.4) is 0 Å². The van der Waals surface area contributed by atoms with E-state index in [1.54, 1.807) is 0 Å². The standard InChI is InChI=1S/C27H46O4/c1-17(10-15-27(30,31)24(2,3)29)21-8-9-22-20-7-6-18-16-19(28)11-13-25(18,4)23(20)12-14-26(21,22)5/h6,17,19-23,28-31H,7-16H2,1-5H3/t17-,19+,20+,21-,22+,23+,25+,26-/m1/s1. The van der Waals surface area contributed by atoms with Crippen LogP contribution in [0.1, 0.15) is 98.8 Å². The molecule has 0 aliphatic heterocycles. The molecule has 178 valence electrons. The number of hydrogen-bond donors (Lipinski definition) is 4. The van der Waals surface area contributed by atoms with Gasteiger partial charge in [-0.1, -0.05) is 32.4 Å². The zero-order valence-electron chi connectivity index (χ0n) is 20.4. The average molecular weight is 435 g/mol. The Morgan fingerprint density at radius 2 is 1.74 bits per heavy atom. The SMILES string of the molecule is C[C@H](CCC(O)(O)C(C)(C)O)[C@H]1CC[C@H]2[C@@H]3CC=C4C[C@@H](O)CC[C@]4(C)[C@H]3CC[C@]12C. The van der Waals surface area contributed by atoms with Crippen LogP contribution in [0.15, 0.2) is 11.6 Å². The molecule has 0 heterocycles. The molecule has 0 unspecified atom stereocenters. The van der Waals surface area contributed by atoms with E-state index in [1.807, 2.05) is 0 Å². The smallest absolute Gasteiger partial charge is 0.191 e. The van der Waals surface area contributed by atoms with Gasteiger partial charge in [-0.25, -0.2) is 0 Å². The highest BCUT2D eigenvalue weighted by atomic mass is 16.5. The summed E-state index contributed by atoms with van der Waals surface area (Å²) in [6.07, 6.45) is 12.5. The van der Waals surface area contributed by atoms with Gasteiger partial charge in [0.2, 0.25) is 0 Å². The lowest BCUT2D eigenvalue weighted by molar-refractivity contribution is -0.267. The summed E-state index contributed by atoms with van der Waals surface area (Å²) in [5.41, 5.74) is 0.640. The minimum Gasteiger partial charge on any atom is -0.393 e. The maximum Gasteiger partial charge on any atom is 0.191 e. The van der Waals surface area contributed by atoms with Crippen LogP contribution >= 0.6 is 0 Å². The Balaban J connectivity index is 1.48. The first-order valence-corrected chi connectivity index (χ1v) is 12.8. The van der Waals surface area contributed by atoms with Crippen LogP contribution in [0.5, 0.6) is 0 Å². The molecule has 4 rings (SSSR count). The van der Waals surface area contributed by atoms with Gasteiger partial charge in [-0.05, 0) is 112 Å². The Morgan fingerprint density at radius 3 is 2.42 bits per heavy atom. The lowest BCUT2D eigenvalue weighted by Gasteiger charge is -2.58. The van der Waals surface area contributed by atoms with Gasteiger partial charge in [0, 0.05) is 6.42 Å². The van der Waals surface area contributed by atoms with E-state index in [0.717, 1.165) is 43.4 Å². The molecule has 0 saturated heterocycles. The predicted molar refractivity (Wildman–Crippen MR) is 123 cm³/mol. The molecule has 0 aromatic heterocycles. The topological polar surface area (TPSA) is 80.9 Å². The van der Waals surface area contributed by atoms with Crippen molar-refractivity contribution in [2.24, 2.45) is 40.4 Å². The Kier molecular flexibility index (Phi) is 5.99. The van der Waals surface area contributed by atoms with Gasteiger partial charge in [0.1, 0.15) is 5.60 Å². The zero-order valence-corrected chi connectivity index (χ0v) is 20.4. The summed E-state index contributed by atoms with van der Waals surface area (Å²) in [4.78, 5) is 0. The molecule has 3 saturated carbocycles. The first-order chi connectivity index (χ1) is 14.3. The molecule has 0 spiro atoms. The number of hydrogen-bond acceptors (Lipinski definition) is 4. The van der Waals surface area contributed by atoms with Crippen LogP contribution in [-0.4, -0.2) is 37.9 Å². The van der Waals surface area contributed by atoms with Crippen molar-refractivity contribution in [3.8, 4) is 0 Å². The molecular weight excluding hydrogens is 388 g/mol. The molecule has 0 aromatic carbocycles. The van der Waals surface area contributed by atoms with E-state index in [-0.39, 0.29) is 17.9 Å². The van der Waals surface area contributed by atoms with Gasteiger partial charge in [0.15, 0.2) is 5.79 Å². The summed E-state index contributed by atoms with van der Waals surface area (Å²) in [7, 11) is 0. The van der Waals surface area contributed by atoms with Gasteiger partial charge in [0.05, 0.1) is 6.10 Å². The number of fused-ring (bicyclic) bond motifs is 5. The molecule has 0 radical (unpaired) electrons. The highest BCUT2D eigenvalue weighted by molar-refractivity contribution is 5.25. The van der Waals surface area contributed by atoms with Gasteiger partial charge in [-0.2, -0.15) is 0 Å². The van der Waals surface area contributed by atoms with Crippen LogP contribution in [0.25, 0.3) is 0 Å². The fraction of sp³-hybridized carbons (Fsp3) is 0.926. The monoisotopic (exact) mass is 434 g/mol. The van der Waals surface area contributed by atoms with Crippen molar-refractivity contribution in [3.63, 3.8) is 0 Å². The maximum absolute atomic E-state index is 10.3. The molecule has 4 nitrogen and oxygen atoms in total. The van der Waals surface area contributed by atoms with E-state index in [2.05, 4.69) is 26.8 Å². The summed E-state index contributed by atoms with van der Waals surface area (Å²) < 4.78 is 0. The maximum atomic E-state index is 10.3. The summed E-state index contributed by atoms with van der Waals surface area (Å²) in [5.74, 6) is 1.26. The summed E-state index contributed by atoms with van der Waals surface area (Å²) >= 11 is 0. The van der Waals surface area contributed by atoms with E-state index in [1.165, 1.54) is 51.5 Å². The van der Waals surface area contributed by atoms with Crippen molar-refractivity contribution in [1.29, 1.82) is 0 Å². The average Bonchev–Trinajstić information content (AvgIpc) is 3.03. The van der Waals surface area contributed by atoms with E-state index in [9.17, 15) is 20.4 Å². The van der Waals surface area contributed by atoms with Crippen molar-refractivity contribution in [3.05, 3.63) is 11.6 Å². The number of aliphatic hydroxyl groups is 4. The molecule has 4 heteroatoms. The second-order valence-electron chi connectivity index (χ2n) is 12.8. The van der Waals surface area contributed by atoms with Crippen LogP contribution in [0.2, 0.25) is 0 Å². The second-order valence-corrected chi connectivity index (χ2v) is 12.8. The summed E-state index contributed by atoms with van der Waals surface area (Å²) in [6.45, 7) is 10.2. The Labute approximate surface area is 189 Å². The molecule has 3 fully saturated rings. The second kappa shape index (κ2) is 7.82. The van der Waals surface area contributed by atoms with Gasteiger partial charge in [-0.3, -0.25) is 0 Å². The largest absolute Gasteiger partial charge is 0.393 e. The van der Waals surface area contributed by atoms with Crippen molar-refractivity contribution in [2.45, 2.75) is 116 Å². The minimum atomic E-state index is -2.04. The fourth-order valence-electron chi connectivity index (χ4n) is 8.55. The summed E-state index contributed by atoms with van der Waals surface area (Å²) in [6, 6.07) is 0. The third-order valence-corrected chi connectivity index (χ3v) is 10.8. The normalized spacial score (nSPS) is 44.2. The number of aliphatic hydroxyl groups excluding tert-OH is 1. The number of allylic oxidation sites excluding steroid dienone is 1. The third-order valence-electron chi connectivity index (χ3n) is 10.8. The Hall–Kier alpha value is -0.420. The molecule has 31 heavy (non-hydrogen) atoms. The van der Waals surface area contributed by atoms with Crippen molar-refractivity contribution >= 4 is 0 Å². The highest BCUT2D eigenvalue weighted by Gasteiger charge is 2.59. The summed E-state index contributed by atoms with van der Waals surface area (Å²) in [5, 5.41) is 41.0. The predicted octanol–water partition coefficient (Wildman–Crippen LogP) is 4.79. The Morgan fingerprint density at radius 1 is 1.03 bits per heavy atom. The van der Waals surface area contributed by atoms with Gasteiger partial charge < -0.3 is 20.4 Å². The lowest BCUT2D eigenvalue weighted by atomic mass is 9.47. The van der Waals surface area contributed by atoms with Crippen LogP contribution in [0, 0.1) is 40.4 Å². The molecule has 0 aromatic rings. The van der Waals surface area contributed by atoms with Crippen LogP contribution in [0.4, 0.5) is 0 Å². The number of rotatable bonds is 5.